The fourth-order valence-electron chi connectivity index (χ4n) is 2.18. The lowest BCUT2D eigenvalue weighted by atomic mass is 9.92. The molecule has 0 radical (unpaired) electrons. The van der Waals surface area contributed by atoms with Crippen molar-refractivity contribution in [2.24, 2.45) is 5.92 Å². The Kier molecular flexibility index (Phi) is 10.6. The summed E-state index contributed by atoms with van der Waals surface area (Å²) in [7, 11) is -1.68. The lowest BCUT2D eigenvalue weighted by molar-refractivity contribution is -0.121. The second kappa shape index (κ2) is 12.6. The number of aromatic nitrogens is 1. The predicted molar refractivity (Wildman–Crippen MR) is 109 cm³/mol. The molecule has 0 aliphatic heterocycles. The Balaban J connectivity index is 0.000000960. The normalized spacial score (nSPS) is 11.1. The van der Waals surface area contributed by atoms with Crippen molar-refractivity contribution in [3.63, 3.8) is 0 Å². The van der Waals surface area contributed by atoms with Crippen molar-refractivity contribution in [3.8, 4) is 0 Å². The highest BCUT2D eigenvalue weighted by molar-refractivity contribution is 6.41. The highest BCUT2D eigenvalue weighted by Gasteiger charge is 2.20. The van der Waals surface area contributed by atoms with Crippen molar-refractivity contribution >= 4 is 18.9 Å². The van der Waals surface area contributed by atoms with Crippen molar-refractivity contribution in [1.29, 1.82) is 0 Å². The average Bonchev–Trinajstić information content (AvgIpc) is 2.66. The Hall–Kier alpha value is -2.78. The van der Waals surface area contributed by atoms with E-state index in [2.05, 4.69) is 36.4 Å². The number of rotatable bonds is 7. The maximum Gasteiger partial charge on any atom is 0.472 e. The van der Waals surface area contributed by atoms with Crippen molar-refractivity contribution < 1.29 is 24.0 Å². The lowest BCUT2D eigenvalue weighted by Gasteiger charge is -2.19. The summed E-state index contributed by atoms with van der Waals surface area (Å²) in [6.45, 7) is 6.50. The first-order chi connectivity index (χ1) is 13.7. The minimum atomic E-state index is -1.68. The summed E-state index contributed by atoms with van der Waals surface area (Å²) in [6, 6.07) is 7.91. The number of pyridine rings is 1. The molecule has 2 aromatic rings. The number of nitrogens with zero attached hydrogens (tertiary/aromatic N) is 1. The highest BCUT2D eigenvalue weighted by Crippen LogP contribution is 2.18. The topological polar surface area (TPSA) is 112 Å². The number of nitrogens with one attached hydrogen (secondary N) is 2. The number of hydrogen-bond donors (Lipinski definition) is 4. The van der Waals surface area contributed by atoms with Crippen LogP contribution in [-0.4, -0.2) is 40.4 Å². The second-order valence-electron chi connectivity index (χ2n) is 7.04. The second-order valence-corrected chi connectivity index (χ2v) is 7.04. The summed E-state index contributed by atoms with van der Waals surface area (Å²) < 4.78 is 13.5. The maximum atomic E-state index is 13.5. The molecule has 1 aromatic carbocycles. The van der Waals surface area contributed by atoms with E-state index in [1.807, 2.05) is 0 Å². The van der Waals surface area contributed by atoms with Gasteiger partial charge in [-0.3, -0.25) is 14.6 Å². The summed E-state index contributed by atoms with van der Waals surface area (Å²) in [4.78, 5) is 28.1. The lowest BCUT2D eigenvalue weighted by Crippen LogP contribution is -2.38. The fraction of sp³-hybridized carbons (Fsp3) is 0.350. The molecule has 0 saturated heterocycles. The minimum absolute atomic E-state index is 0.192. The van der Waals surface area contributed by atoms with Crippen molar-refractivity contribution in [2.45, 2.75) is 33.2 Å². The van der Waals surface area contributed by atoms with E-state index in [0.717, 1.165) is 5.92 Å². The number of amides is 2. The van der Waals surface area contributed by atoms with Crippen LogP contribution in [0.25, 0.3) is 0 Å². The zero-order valence-electron chi connectivity index (χ0n) is 16.8. The molecule has 1 atom stereocenters. The first-order valence-corrected chi connectivity index (χ1v) is 9.28. The van der Waals surface area contributed by atoms with E-state index < -0.39 is 30.8 Å². The van der Waals surface area contributed by atoms with Crippen LogP contribution in [0.5, 0.6) is 0 Å². The fourth-order valence-corrected chi connectivity index (χ4v) is 2.18. The SMILES string of the molecule is CC(C)C.O=C(CC(NC(=O)c1cccnc1)c1cccc(F)c1)NCB(O)O. The Morgan fingerprint density at radius 3 is 2.41 bits per heavy atom. The van der Waals surface area contributed by atoms with Crippen LogP contribution in [0, 0.1) is 11.7 Å². The van der Waals surface area contributed by atoms with Crippen LogP contribution in [0.4, 0.5) is 4.39 Å². The minimum Gasteiger partial charge on any atom is -0.426 e. The van der Waals surface area contributed by atoms with Crippen molar-refractivity contribution in [1.82, 2.24) is 15.6 Å². The molecule has 0 aliphatic rings. The van der Waals surface area contributed by atoms with Gasteiger partial charge in [0.05, 0.1) is 24.5 Å². The van der Waals surface area contributed by atoms with Crippen LogP contribution in [0.1, 0.15) is 49.2 Å². The average molecular weight is 403 g/mol. The molecular formula is C20H27BFN3O4. The van der Waals surface area contributed by atoms with Gasteiger partial charge in [-0.2, -0.15) is 0 Å². The third-order valence-corrected chi connectivity index (χ3v) is 3.35. The maximum absolute atomic E-state index is 13.5. The first kappa shape index (κ1) is 24.3. The van der Waals surface area contributed by atoms with Gasteiger partial charge in [-0.1, -0.05) is 32.9 Å². The smallest absolute Gasteiger partial charge is 0.426 e. The molecule has 2 rings (SSSR count). The predicted octanol–water partition coefficient (Wildman–Crippen LogP) is 1.87. The van der Waals surface area contributed by atoms with Crippen LogP contribution in [-0.2, 0) is 4.79 Å². The third kappa shape index (κ3) is 10.4. The third-order valence-electron chi connectivity index (χ3n) is 3.35. The molecule has 29 heavy (non-hydrogen) atoms. The van der Waals surface area contributed by atoms with E-state index in [1.165, 1.54) is 30.6 Å². The van der Waals surface area contributed by atoms with Crippen molar-refractivity contribution in [3.05, 3.63) is 65.7 Å². The quantitative estimate of drug-likeness (QED) is 0.528. The van der Waals surface area contributed by atoms with Gasteiger partial charge < -0.3 is 20.7 Å². The summed E-state index contributed by atoms with van der Waals surface area (Å²) in [5, 5.41) is 22.6. The van der Waals surface area contributed by atoms with Gasteiger partial charge in [0.1, 0.15) is 5.82 Å². The molecule has 7 nitrogen and oxygen atoms in total. The van der Waals surface area contributed by atoms with Crippen LogP contribution in [0.15, 0.2) is 48.8 Å². The monoisotopic (exact) mass is 403 g/mol. The van der Waals surface area contributed by atoms with Gasteiger partial charge >= 0.3 is 7.12 Å². The van der Waals surface area contributed by atoms with Gasteiger partial charge in [-0.05, 0) is 35.7 Å². The molecule has 1 aromatic heterocycles. The van der Waals surface area contributed by atoms with Crippen LogP contribution < -0.4 is 10.6 Å². The van der Waals surface area contributed by atoms with E-state index in [0.29, 0.717) is 11.1 Å². The molecule has 0 saturated carbocycles. The standard InChI is InChI=1S/C16H17BFN3O4.C4H10/c18-13-5-1-3-11(7-13)14(8-15(22)20-10-17(24)25)21-16(23)12-4-2-6-19-9-12;1-4(2)3/h1-7,9,14,24-25H,8,10H2,(H,20,22)(H,21,23);4H,1-3H3. The van der Waals surface area contributed by atoms with E-state index >= 15 is 0 Å². The zero-order chi connectivity index (χ0) is 21.8. The number of hydrogen-bond acceptors (Lipinski definition) is 5. The van der Waals surface area contributed by atoms with Crippen LogP contribution in [0.2, 0.25) is 0 Å². The van der Waals surface area contributed by atoms with Gasteiger partial charge in [-0.25, -0.2) is 4.39 Å². The largest absolute Gasteiger partial charge is 0.472 e. The molecule has 0 aliphatic carbocycles. The number of halogens is 1. The molecule has 0 spiro atoms. The molecule has 0 bridgehead atoms. The van der Waals surface area contributed by atoms with E-state index in [-0.39, 0.29) is 12.9 Å². The number of carbonyl (C=O) groups is 2. The van der Waals surface area contributed by atoms with E-state index in [1.54, 1.807) is 18.2 Å². The van der Waals surface area contributed by atoms with Gasteiger partial charge in [0.15, 0.2) is 0 Å². The molecule has 2 amide bonds. The van der Waals surface area contributed by atoms with Gasteiger partial charge in [0, 0.05) is 12.4 Å². The molecule has 0 fully saturated rings. The first-order valence-electron chi connectivity index (χ1n) is 9.28. The van der Waals surface area contributed by atoms with E-state index in [9.17, 15) is 14.0 Å². The molecule has 1 heterocycles. The molecule has 9 heteroatoms. The number of carbonyl (C=O) groups excluding carboxylic acids is 2. The Bertz CT molecular complexity index is 773. The zero-order valence-corrected chi connectivity index (χ0v) is 16.8. The van der Waals surface area contributed by atoms with Crippen molar-refractivity contribution in [2.75, 3.05) is 6.44 Å². The Morgan fingerprint density at radius 1 is 1.17 bits per heavy atom. The Labute approximate surface area is 170 Å². The summed E-state index contributed by atoms with van der Waals surface area (Å²) in [5.41, 5.74) is 0.715. The van der Waals surface area contributed by atoms with E-state index in [4.69, 9.17) is 10.0 Å². The highest BCUT2D eigenvalue weighted by atomic mass is 19.1. The van der Waals surface area contributed by atoms with Gasteiger partial charge in [0.25, 0.3) is 5.91 Å². The Morgan fingerprint density at radius 2 is 1.86 bits per heavy atom. The summed E-state index contributed by atoms with van der Waals surface area (Å²) >= 11 is 0. The molecule has 156 valence electrons. The number of benzene rings is 1. The van der Waals surface area contributed by atoms with Gasteiger partial charge in [-0.15, -0.1) is 0 Å². The van der Waals surface area contributed by atoms with Gasteiger partial charge in [0.2, 0.25) is 5.91 Å². The van der Waals surface area contributed by atoms with Crippen LogP contribution in [0.3, 0.4) is 0 Å². The summed E-state index contributed by atoms with van der Waals surface area (Å²) in [6.07, 6.45) is 2.36. The molecule has 1 unspecified atom stereocenters. The molecular weight excluding hydrogens is 376 g/mol. The molecule has 4 N–H and O–H groups in total. The summed E-state index contributed by atoms with van der Waals surface area (Å²) in [5.74, 6) is -0.643. The van der Waals surface area contributed by atoms with Crippen LogP contribution >= 0.6 is 0 Å².